The SMILES string of the molecule is CCC/C=C/CC12OC3OC4(C/C=C/CCC)OC(C/C=C/CCC)(O1)OC1(C/C=C/CCC)OC(C/C=C/CCC)(O2)OC(C/C=C/CCCCC(C)C)(O3)OC(C/C=C/CCC)(O4)O1. The highest BCUT2D eigenvalue weighted by Crippen LogP contribution is 2.58. The van der Waals surface area contributed by atoms with Gasteiger partial charge in [-0.25, -0.2) is 0 Å². The lowest BCUT2D eigenvalue weighted by Gasteiger charge is -2.63. The van der Waals surface area contributed by atoms with E-state index >= 15 is 0 Å². The van der Waals surface area contributed by atoms with Crippen LogP contribution in [0.5, 0.6) is 0 Å². The van der Waals surface area contributed by atoms with Crippen molar-refractivity contribution in [2.24, 2.45) is 5.92 Å². The van der Waals surface area contributed by atoms with E-state index in [4.69, 9.17) is 56.8 Å². The summed E-state index contributed by atoms with van der Waals surface area (Å²) >= 11 is 0. The van der Waals surface area contributed by atoms with E-state index < -0.39 is 48.3 Å². The lowest BCUT2D eigenvalue weighted by atomic mass is 10.1. The number of rotatable bonds is 31. The molecule has 0 saturated carbocycles. The first-order valence-corrected chi connectivity index (χ1v) is 25.8. The van der Waals surface area contributed by atoms with Crippen LogP contribution in [0.4, 0.5) is 0 Å². The number of ether oxygens (including phenoxy) is 12. The Labute approximate surface area is 398 Å². The topological polar surface area (TPSA) is 111 Å². The molecule has 4 unspecified atom stereocenters. The average Bonchev–Trinajstić information content (AvgIpc) is 3.24. The van der Waals surface area contributed by atoms with Crippen LogP contribution in [0.15, 0.2) is 85.1 Å². The number of unbranched alkanes of at least 4 members (excludes halogenated alkanes) is 8. The monoisotopic (exact) mass is 927 g/mol. The van der Waals surface area contributed by atoms with Crippen molar-refractivity contribution in [1.29, 1.82) is 0 Å². The molecule has 0 radical (unpaired) electrons. The van der Waals surface area contributed by atoms with Gasteiger partial charge < -0.3 is 0 Å². The van der Waals surface area contributed by atoms with Crippen molar-refractivity contribution < 1.29 is 56.8 Å². The Hall–Kier alpha value is -2.30. The minimum atomic E-state index is -2.09. The van der Waals surface area contributed by atoms with Gasteiger partial charge in [-0.15, -0.1) is 0 Å². The quantitative estimate of drug-likeness (QED) is 0.0487. The molecule has 6 heterocycles. The van der Waals surface area contributed by atoms with Crippen molar-refractivity contribution in [1.82, 2.24) is 0 Å². The lowest BCUT2D eigenvalue weighted by Crippen LogP contribution is -2.77. The van der Waals surface area contributed by atoms with Gasteiger partial charge in [-0.2, -0.15) is 0 Å². The van der Waals surface area contributed by atoms with Crippen molar-refractivity contribution >= 4 is 0 Å². The molecule has 4 atom stereocenters. The van der Waals surface area contributed by atoms with Crippen molar-refractivity contribution in [2.75, 3.05) is 0 Å². The van der Waals surface area contributed by atoms with E-state index in [1.54, 1.807) is 0 Å². The normalized spacial score (nSPS) is 34.7. The second kappa shape index (κ2) is 26.6. The molecule has 6 rings (SSSR count). The number of hydrogen-bond acceptors (Lipinski definition) is 12. The van der Waals surface area contributed by atoms with Crippen molar-refractivity contribution in [3.05, 3.63) is 85.1 Å². The second-order valence-corrected chi connectivity index (χ2v) is 18.5. The maximum Gasteiger partial charge on any atom is 0.299 e. The molecule has 0 spiro atoms. The summed E-state index contributed by atoms with van der Waals surface area (Å²) < 4.78 is 86.8. The number of hydrogen-bond donors (Lipinski definition) is 0. The summed E-state index contributed by atoms with van der Waals surface area (Å²) in [6.07, 6.45) is 43.2. The van der Waals surface area contributed by atoms with Crippen LogP contribution in [0, 0.1) is 5.92 Å². The van der Waals surface area contributed by atoms with Crippen molar-refractivity contribution in [2.45, 2.75) is 251 Å². The largest absolute Gasteiger partial charge is 0.299 e. The first-order valence-electron chi connectivity index (χ1n) is 25.8. The van der Waals surface area contributed by atoms with E-state index in [1.807, 2.05) is 42.5 Å². The van der Waals surface area contributed by atoms with E-state index in [9.17, 15) is 0 Å². The predicted molar refractivity (Wildman–Crippen MR) is 255 cm³/mol. The summed E-state index contributed by atoms with van der Waals surface area (Å²) in [6, 6.07) is 0. The van der Waals surface area contributed by atoms with Crippen LogP contribution >= 0.6 is 0 Å². The Bertz CT molecular complexity index is 1560. The van der Waals surface area contributed by atoms with E-state index in [0.29, 0.717) is 5.92 Å². The Balaban J connectivity index is 1.82. The van der Waals surface area contributed by atoms with E-state index in [-0.39, 0.29) is 44.9 Å². The fraction of sp³-hybridized carbons (Fsp3) is 0.741. The molecule has 6 saturated heterocycles. The fourth-order valence-corrected chi connectivity index (χ4v) is 8.23. The van der Waals surface area contributed by atoms with Crippen LogP contribution in [0.25, 0.3) is 0 Å². The lowest BCUT2D eigenvalue weighted by molar-refractivity contribution is -0.777. The average molecular weight is 927 g/mol. The molecule has 6 fully saturated rings. The van der Waals surface area contributed by atoms with Gasteiger partial charge in [0.2, 0.25) is 0 Å². The standard InChI is InChI=1S/C54H86O12/c1-9-15-21-31-39-48-55-47-56-49(40-32-22-16-10-2)59-51(58-48,42-33-23-17-11-3)64-54(45-36-26-20-14-6)65-52(60-48,43-34-24-18-12-4)62-50(57-47,41-37-29-27-28-30-38-46(7)8)63-53(61-49,66-54)44-35-25-19-13-5/h21-26,29,31-37,46-47H,9-20,27-28,30,38-45H2,1-8H3/b31-21+,32-22+,33-23+,34-24+,35-25+,36-26+,37-29+. The maximum absolute atomic E-state index is 7.38. The summed E-state index contributed by atoms with van der Waals surface area (Å²) in [4.78, 5) is 0. The Morgan fingerprint density at radius 1 is 0.303 bits per heavy atom. The molecule has 12 heteroatoms. The van der Waals surface area contributed by atoms with Crippen LogP contribution < -0.4 is 0 Å². The fourth-order valence-electron chi connectivity index (χ4n) is 8.23. The predicted octanol–water partition coefficient (Wildman–Crippen LogP) is 14.8. The van der Waals surface area contributed by atoms with Gasteiger partial charge in [0.15, 0.2) is 0 Å². The Kier molecular flexibility index (Phi) is 22.0. The smallest absolute Gasteiger partial charge is 0.271 e. The summed E-state index contributed by atoms with van der Waals surface area (Å²) in [5.74, 6) is -13.8. The molecule has 0 amide bonds. The molecule has 0 aliphatic carbocycles. The summed E-state index contributed by atoms with van der Waals surface area (Å²) in [7, 11) is 0. The van der Waals surface area contributed by atoms with Gasteiger partial charge in [-0.1, -0.05) is 192 Å². The molecule has 0 N–H and O–H groups in total. The van der Waals surface area contributed by atoms with Crippen LogP contribution in [0.1, 0.15) is 203 Å². The molecule has 6 aliphatic heterocycles. The van der Waals surface area contributed by atoms with Gasteiger partial charge in [-0.3, -0.25) is 56.8 Å². The van der Waals surface area contributed by atoms with Crippen molar-refractivity contribution in [3.8, 4) is 0 Å². The molecule has 66 heavy (non-hydrogen) atoms. The van der Waals surface area contributed by atoms with Gasteiger partial charge in [-0.05, 0) is 57.3 Å². The molecule has 8 bridgehead atoms. The molecular formula is C54H86O12. The zero-order valence-electron chi connectivity index (χ0n) is 41.9. The zero-order chi connectivity index (χ0) is 47.3. The zero-order valence-corrected chi connectivity index (χ0v) is 41.9. The molecule has 0 aromatic heterocycles. The molecule has 374 valence electrons. The minimum absolute atomic E-state index is 0.0295. The first-order chi connectivity index (χ1) is 31.9. The maximum atomic E-state index is 7.38. The summed E-state index contributed by atoms with van der Waals surface area (Å²) in [6.45, 7) is 15.7. The van der Waals surface area contributed by atoms with E-state index in [1.165, 1.54) is 0 Å². The van der Waals surface area contributed by atoms with Gasteiger partial charge >= 0.3 is 0 Å². The van der Waals surface area contributed by atoms with Gasteiger partial charge in [0.1, 0.15) is 0 Å². The summed E-state index contributed by atoms with van der Waals surface area (Å²) in [5.41, 5.74) is 0. The highest BCUT2D eigenvalue weighted by Gasteiger charge is 2.74. The highest BCUT2D eigenvalue weighted by atomic mass is 17.2. The molecule has 12 nitrogen and oxygen atoms in total. The van der Waals surface area contributed by atoms with Crippen LogP contribution in [0.2, 0.25) is 0 Å². The van der Waals surface area contributed by atoms with Gasteiger partial charge in [0.05, 0.1) is 0 Å². The number of allylic oxidation sites excluding steroid dienone is 7. The van der Waals surface area contributed by atoms with Gasteiger partial charge in [0, 0.05) is 44.9 Å². The minimum Gasteiger partial charge on any atom is -0.271 e. The molecular weight excluding hydrogens is 841 g/mol. The van der Waals surface area contributed by atoms with Crippen LogP contribution in [0.3, 0.4) is 0 Å². The Morgan fingerprint density at radius 3 is 0.773 bits per heavy atom. The highest BCUT2D eigenvalue weighted by molar-refractivity contribution is 5.01. The van der Waals surface area contributed by atoms with Crippen LogP contribution in [-0.4, -0.2) is 48.3 Å². The Morgan fingerprint density at radius 2 is 0.530 bits per heavy atom. The third kappa shape index (κ3) is 15.9. The van der Waals surface area contributed by atoms with E-state index in [2.05, 4.69) is 97.9 Å². The molecule has 6 aliphatic rings. The van der Waals surface area contributed by atoms with E-state index in [0.717, 1.165) is 103 Å². The third-order valence-corrected chi connectivity index (χ3v) is 11.5. The second-order valence-electron chi connectivity index (χ2n) is 18.5. The molecule has 0 aromatic rings. The van der Waals surface area contributed by atoms with Crippen LogP contribution in [-0.2, 0) is 56.8 Å². The summed E-state index contributed by atoms with van der Waals surface area (Å²) in [5, 5.41) is 0. The van der Waals surface area contributed by atoms with Gasteiger partial charge in [0.25, 0.3) is 48.3 Å². The first kappa shape index (κ1) is 54.6. The molecule has 0 aromatic carbocycles. The third-order valence-electron chi connectivity index (χ3n) is 11.5. The van der Waals surface area contributed by atoms with Crippen molar-refractivity contribution in [3.63, 3.8) is 0 Å².